The lowest BCUT2D eigenvalue weighted by molar-refractivity contribution is 0.0927. The standard InChI is InChI=1S/C15H14FN5O2/c1-9-18-13(20-23-9)12(10-5-3-4-6-11(10)16)19-15(22)14-17-7-8-21(14)2/h3-8,12H,1-2H3,(H,19,22)/t12-/m0/s1. The second-order valence-corrected chi connectivity index (χ2v) is 4.96. The summed E-state index contributed by atoms with van der Waals surface area (Å²) < 4.78 is 20.7. The van der Waals surface area contributed by atoms with Gasteiger partial charge in [0.2, 0.25) is 5.89 Å². The zero-order valence-electron chi connectivity index (χ0n) is 12.5. The van der Waals surface area contributed by atoms with Crippen molar-refractivity contribution >= 4 is 5.91 Å². The molecule has 1 N–H and O–H groups in total. The Bertz CT molecular complexity index is 842. The lowest BCUT2D eigenvalue weighted by Crippen LogP contribution is -2.32. The van der Waals surface area contributed by atoms with Gasteiger partial charge in [-0.3, -0.25) is 4.79 Å². The van der Waals surface area contributed by atoms with Crippen molar-refractivity contribution in [3.05, 3.63) is 65.6 Å². The predicted octanol–water partition coefficient (Wildman–Crippen LogP) is 1.77. The molecule has 0 unspecified atom stereocenters. The fourth-order valence-electron chi connectivity index (χ4n) is 2.20. The van der Waals surface area contributed by atoms with Crippen LogP contribution < -0.4 is 5.32 Å². The first-order valence-electron chi connectivity index (χ1n) is 6.89. The van der Waals surface area contributed by atoms with Gasteiger partial charge in [-0.1, -0.05) is 23.4 Å². The lowest BCUT2D eigenvalue weighted by atomic mass is 10.1. The predicted molar refractivity (Wildman–Crippen MR) is 78.0 cm³/mol. The maximum atomic E-state index is 14.1. The van der Waals surface area contributed by atoms with E-state index in [9.17, 15) is 9.18 Å². The largest absolute Gasteiger partial charge is 0.340 e. The van der Waals surface area contributed by atoms with Gasteiger partial charge in [0.25, 0.3) is 5.91 Å². The molecule has 8 heteroatoms. The van der Waals surface area contributed by atoms with Crippen LogP contribution in [0.5, 0.6) is 0 Å². The van der Waals surface area contributed by atoms with Gasteiger partial charge in [0, 0.05) is 31.9 Å². The minimum absolute atomic E-state index is 0.176. The highest BCUT2D eigenvalue weighted by atomic mass is 19.1. The zero-order chi connectivity index (χ0) is 16.4. The average molecular weight is 315 g/mol. The zero-order valence-corrected chi connectivity index (χ0v) is 12.5. The van der Waals surface area contributed by atoms with E-state index >= 15 is 0 Å². The molecule has 0 aliphatic carbocycles. The Morgan fingerprint density at radius 2 is 2.17 bits per heavy atom. The number of aromatic nitrogens is 4. The molecule has 0 aliphatic rings. The Kier molecular flexibility index (Phi) is 3.88. The second kappa shape index (κ2) is 5.99. The molecule has 7 nitrogen and oxygen atoms in total. The molecule has 3 rings (SSSR count). The van der Waals surface area contributed by atoms with Crippen LogP contribution in [0.25, 0.3) is 0 Å². The minimum atomic E-state index is -0.877. The SMILES string of the molecule is Cc1nc([C@@H](NC(=O)c2nccn2C)c2ccccc2F)no1. The summed E-state index contributed by atoms with van der Waals surface area (Å²) in [6.45, 7) is 1.62. The van der Waals surface area contributed by atoms with E-state index in [0.717, 1.165) is 0 Å². The van der Waals surface area contributed by atoms with Gasteiger partial charge in [-0.05, 0) is 6.07 Å². The molecule has 1 aromatic carbocycles. The van der Waals surface area contributed by atoms with Crippen molar-refractivity contribution in [2.24, 2.45) is 7.05 Å². The van der Waals surface area contributed by atoms with Gasteiger partial charge in [0.05, 0.1) is 0 Å². The van der Waals surface area contributed by atoms with Crippen LogP contribution in [0.3, 0.4) is 0 Å². The number of amides is 1. The lowest BCUT2D eigenvalue weighted by Gasteiger charge is -2.16. The fraction of sp³-hybridized carbons (Fsp3) is 0.200. The Morgan fingerprint density at radius 1 is 1.39 bits per heavy atom. The van der Waals surface area contributed by atoms with Crippen molar-refractivity contribution in [2.75, 3.05) is 0 Å². The molecule has 3 aromatic rings. The number of hydrogen-bond acceptors (Lipinski definition) is 5. The number of rotatable bonds is 4. The first-order valence-corrected chi connectivity index (χ1v) is 6.89. The molecule has 0 aliphatic heterocycles. The highest BCUT2D eigenvalue weighted by molar-refractivity contribution is 5.91. The van der Waals surface area contributed by atoms with E-state index in [0.29, 0.717) is 5.89 Å². The molecule has 23 heavy (non-hydrogen) atoms. The summed E-state index contributed by atoms with van der Waals surface area (Å²) >= 11 is 0. The minimum Gasteiger partial charge on any atom is -0.340 e. The van der Waals surface area contributed by atoms with Crippen molar-refractivity contribution in [2.45, 2.75) is 13.0 Å². The maximum Gasteiger partial charge on any atom is 0.288 e. The number of carbonyl (C=O) groups excluding carboxylic acids is 1. The van der Waals surface area contributed by atoms with Gasteiger partial charge in [0.15, 0.2) is 11.6 Å². The molecular formula is C15H14FN5O2. The Labute approximate surface area is 131 Å². The van der Waals surface area contributed by atoms with Gasteiger partial charge >= 0.3 is 0 Å². The molecular weight excluding hydrogens is 301 g/mol. The number of nitrogens with zero attached hydrogens (tertiary/aromatic N) is 4. The molecule has 0 saturated heterocycles. The van der Waals surface area contributed by atoms with E-state index in [1.54, 1.807) is 42.9 Å². The van der Waals surface area contributed by atoms with Crippen LogP contribution in [-0.4, -0.2) is 25.6 Å². The van der Waals surface area contributed by atoms with Crippen molar-refractivity contribution in [3.8, 4) is 0 Å². The highest BCUT2D eigenvalue weighted by Gasteiger charge is 2.26. The van der Waals surface area contributed by atoms with E-state index in [4.69, 9.17) is 4.52 Å². The van der Waals surface area contributed by atoms with Crippen molar-refractivity contribution in [1.29, 1.82) is 0 Å². The third-order valence-electron chi connectivity index (χ3n) is 3.32. The summed E-state index contributed by atoms with van der Waals surface area (Å²) in [5, 5.41) is 6.50. The molecule has 0 radical (unpaired) electrons. The summed E-state index contributed by atoms with van der Waals surface area (Å²) in [6.07, 6.45) is 3.15. The maximum absolute atomic E-state index is 14.1. The molecule has 1 atom stereocenters. The summed E-state index contributed by atoms with van der Waals surface area (Å²) in [7, 11) is 1.69. The van der Waals surface area contributed by atoms with E-state index in [2.05, 4.69) is 20.4 Å². The molecule has 0 saturated carbocycles. The molecule has 2 heterocycles. The van der Waals surface area contributed by atoms with Crippen molar-refractivity contribution in [1.82, 2.24) is 25.0 Å². The normalized spacial score (nSPS) is 12.1. The smallest absolute Gasteiger partial charge is 0.288 e. The summed E-state index contributed by atoms with van der Waals surface area (Å²) in [5.74, 6) is -0.234. The number of halogens is 1. The monoisotopic (exact) mass is 315 g/mol. The molecule has 0 fully saturated rings. The average Bonchev–Trinajstić information content (AvgIpc) is 3.14. The van der Waals surface area contributed by atoms with E-state index in [1.807, 2.05) is 0 Å². The van der Waals surface area contributed by atoms with Gasteiger partial charge in [-0.25, -0.2) is 9.37 Å². The number of hydrogen-bond donors (Lipinski definition) is 1. The van der Waals surface area contributed by atoms with Crippen LogP contribution in [0, 0.1) is 12.7 Å². The second-order valence-electron chi connectivity index (χ2n) is 4.96. The van der Waals surface area contributed by atoms with Gasteiger partial charge in [-0.2, -0.15) is 4.98 Å². The number of carbonyl (C=O) groups is 1. The molecule has 1 amide bonds. The highest BCUT2D eigenvalue weighted by Crippen LogP contribution is 2.22. The molecule has 0 bridgehead atoms. The third-order valence-corrected chi connectivity index (χ3v) is 3.32. The summed E-state index contributed by atoms with van der Waals surface area (Å²) in [6, 6.07) is 5.23. The number of benzene rings is 1. The Balaban J connectivity index is 1.98. The van der Waals surface area contributed by atoms with Gasteiger partial charge in [-0.15, -0.1) is 0 Å². The fourth-order valence-corrected chi connectivity index (χ4v) is 2.20. The molecule has 118 valence electrons. The molecule has 0 spiro atoms. The van der Waals surface area contributed by atoms with Crippen LogP contribution in [0.1, 0.15) is 33.9 Å². The summed E-state index contributed by atoms with van der Waals surface area (Å²) in [4.78, 5) is 20.5. The quantitative estimate of drug-likeness (QED) is 0.793. The van der Waals surface area contributed by atoms with E-state index in [1.165, 1.54) is 12.3 Å². The van der Waals surface area contributed by atoms with Crippen LogP contribution in [0.15, 0.2) is 41.2 Å². The number of imidazole rings is 1. The van der Waals surface area contributed by atoms with Crippen molar-refractivity contribution < 1.29 is 13.7 Å². The van der Waals surface area contributed by atoms with E-state index < -0.39 is 17.8 Å². The Hall–Kier alpha value is -3.03. The number of aryl methyl sites for hydroxylation is 2. The van der Waals surface area contributed by atoms with Crippen LogP contribution in [0.4, 0.5) is 4.39 Å². The third kappa shape index (κ3) is 2.96. The molecule has 2 aromatic heterocycles. The van der Waals surface area contributed by atoms with Crippen LogP contribution >= 0.6 is 0 Å². The summed E-state index contributed by atoms with van der Waals surface area (Å²) in [5.41, 5.74) is 0.246. The first-order chi connectivity index (χ1) is 11.1. The van der Waals surface area contributed by atoms with E-state index in [-0.39, 0.29) is 17.2 Å². The Morgan fingerprint density at radius 3 is 2.78 bits per heavy atom. The van der Waals surface area contributed by atoms with Crippen LogP contribution in [-0.2, 0) is 7.05 Å². The van der Waals surface area contributed by atoms with Gasteiger partial charge < -0.3 is 14.4 Å². The number of nitrogens with one attached hydrogen (secondary N) is 1. The van der Waals surface area contributed by atoms with Gasteiger partial charge in [0.1, 0.15) is 11.9 Å². The van der Waals surface area contributed by atoms with Crippen molar-refractivity contribution in [3.63, 3.8) is 0 Å². The van der Waals surface area contributed by atoms with Crippen LogP contribution in [0.2, 0.25) is 0 Å². The topological polar surface area (TPSA) is 85.8 Å². The first kappa shape index (κ1) is 14.9.